The second-order valence-corrected chi connectivity index (χ2v) is 1.87. The third-order valence-corrected chi connectivity index (χ3v) is 1.05. The van der Waals surface area contributed by atoms with Crippen LogP contribution in [0.1, 0.15) is 6.42 Å². The Morgan fingerprint density at radius 3 is 2.80 bits per heavy atom. The summed E-state index contributed by atoms with van der Waals surface area (Å²) in [6.45, 7) is 1.01. The molecule has 0 heterocycles. The quantitative estimate of drug-likeness (QED) is 0.320. The first-order valence-electron chi connectivity index (χ1n) is 2.95. The molecule has 6 nitrogen and oxygen atoms in total. The third-order valence-electron chi connectivity index (χ3n) is 1.05. The van der Waals surface area contributed by atoms with Crippen LogP contribution in [-0.4, -0.2) is 35.3 Å². The van der Waals surface area contributed by atoms with Crippen LogP contribution in [0.4, 0.5) is 0 Å². The van der Waals surface area contributed by atoms with Crippen LogP contribution in [0, 0.1) is 5.21 Å². The Kier molecular flexibility index (Phi) is 4.30. The maximum Gasteiger partial charge on any atom is 0.230 e. The number of hydrazine groups is 1. The fraction of sp³-hybridized carbons (Fsp3) is 1.00. The summed E-state index contributed by atoms with van der Waals surface area (Å²) < 4.78 is 0. The monoisotopic (exact) mass is 148 g/mol. The molecule has 0 atom stereocenters. The van der Waals surface area contributed by atoms with E-state index in [-0.39, 0.29) is 4.97 Å². The summed E-state index contributed by atoms with van der Waals surface area (Å²) in [6.07, 6.45) is 0.699. The predicted molar refractivity (Wildman–Crippen MR) is 34.1 cm³/mol. The van der Waals surface area contributed by atoms with E-state index in [0.717, 1.165) is 0 Å². The molecular weight excluding hydrogens is 136 g/mol. The van der Waals surface area contributed by atoms with Crippen LogP contribution in [0.2, 0.25) is 0 Å². The number of nitrogens with two attached hydrogens (primary N) is 1. The second kappa shape index (κ2) is 4.80. The fourth-order valence-corrected chi connectivity index (χ4v) is 0.474. The van der Waals surface area contributed by atoms with Crippen molar-refractivity contribution in [3.05, 3.63) is 5.21 Å². The van der Waals surface area contributed by atoms with Crippen molar-refractivity contribution in [2.75, 3.05) is 20.1 Å². The van der Waals surface area contributed by atoms with Crippen LogP contribution in [0.3, 0.4) is 0 Å². The molecule has 0 bridgehead atoms. The molecule has 0 saturated heterocycles. The SMILES string of the molecule is CN(CCCN)[N+]([O-])=NO. The van der Waals surface area contributed by atoms with Crippen LogP contribution in [0.15, 0.2) is 5.28 Å². The maximum absolute atomic E-state index is 10.4. The van der Waals surface area contributed by atoms with Crippen molar-refractivity contribution < 1.29 is 10.2 Å². The minimum absolute atomic E-state index is 0.107. The first-order chi connectivity index (χ1) is 4.72. The van der Waals surface area contributed by atoms with Crippen LogP contribution in [-0.2, 0) is 0 Å². The molecule has 0 aliphatic rings. The van der Waals surface area contributed by atoms with Crippen LogP contribution < -0.4 is 5.73 Å². The van der Waals surface area contributed by atoms with Gasteiger partial charge in [0, 0.05) is 0 Å². The van der Waals surface area contributed by atoms with Crippen LogP contribution in [0.5, 0.6) is 0 Å². The maximum atomic E-state index is 10.4. The summed E-state index contributed by atoms with van der Waals surface area (Å²) in [5.74, 6) is 0. The zero-order chi connectivity index (χ0) is 7.98. The Labute approximate surface area is 59.1 Å². The zero-order valence-electron chi connectivity index (χ0n) is 5.90. The van der Waals surface area contributed by atoms with Gasteiger partial charge in [-0.2, -0.15) is 0 Å². The van der Waals surface area contributed by atoms with Gasteiger partial charge in [0.1, 0.15) is 0 Å². The van der Waals surface area contributed by atoms with E-state index < -0.39 is 0 Å². The van der Waals surface area contributed by atoms with Gasteiger partial charge in [0.15, 0.2) is 0 Å². The van der Waals surface area contributed by atoms with Crippen LogP contribution in [0.25, 0.3) is 0 Å². The summed E-state index contributed by atoms with van der Waals surface area (Å²) in [6, 6.07) is 0. The van der Waals surface area contributed by atoms with E-state index in [4.69, 9.17) is 10.9 Å². The molecule has 0 aromatic heterocycles. The lowest BCUT2D eigenvalue weighted by molar-refractivity contribution is -0.704. The Balaban J connectivity index is 3.51. The average Bonchev–Trinajstić information content (AvgIpc) is 1.98. The summed E-state index contributed by atoms with van der Waals surface area (Å²) in [4.78, 5) is 0.107. The first-order valence-corrected chi connectivity index (χ1v) is 2.95. The molecule has 0 aliphatic heterocycles. The standard InChI is InChI=1S/C4H12N4O2/c1-7(4-2-3-5)8(10)6-9/h9H,2-5H2,1H3. The van der Waals surface area contributed by atoms with E-state index in [9.17, 15) is 5.21 Å². The van der Waals surface area contributed by atoms with E-state index in [1.165, 1.54) is 12.1 Å². The molecule has 0 amide bonds. The molecule has 0 rings (SSSR count). The Morgan fingerprint density at radius 2 is 2.40 bits per heavy atom. The summed E-state index contributed by atoms with van der Waals surface area (Å²) >= 11 is 0. The molecule has 3 N–H and O–H groups in total. The number of nitrogens with zero attached hydrogens (tertiary/aromatic N) is 3. The van der Waals surface area contributed by atoms with Crippen molar-refractivity contribution in [1.29, 1.82) is 0 Å². The molecule has 0 spiro atoms. The second-order valence-electron chi connectivity index (χ2n) is 1.87. The van der Waals surface area contributed by atoms with Gasteiger partial charge in [0.05, 0.1) is 18.6 Å². The molecule has 60 valence electrons. The summed E-state index contributed by atoms with van der Waals surface area (Å²) in [5, 5.41) is 22.0. The van der Waals surface area contributed by atoms with Crippen LogP contribution >= 0.6 is 0 Å². The molecule has 6 heteroatoms. The molecule has 0 radical (unpaired) electrons. The molecule has 0 saturated carbocycles. The van der Waals surface area contributed by atoms with Gasteiger partial charge in [0.25, 0.3) is 0 Å². The highest BCUT2D eigenvalue weighted by Crippen LogP contribution is 1.85. The van der Waals surface area contributed by atoms with E-state index in [1.807, 2.05) is 0 Å². The van der Waals surface area contributed by atoms with Gasteiger partial charge in [-0.15, -0.1) is 5.01 Å². The molecule has 0 aromatic carbocycles. The highest BCUT2D eigenvalue weighted by atomic mass is 16.6. The molecular formula is C4H12N4O2. The van der Waals surface area contributed by atoms with E-state index in [0.29, 0.717) is 19.5 Å². The van der Waals surface area contributed by atoms with Gasteiger partial charge >= 0.3 is 0 Å². The minimum Gasteiger partial charge on any atom is -0.569 e. The van der Waals surface area contributed by atoms with E-state index in [2.05, 4.69) is 5.28 Å². The van der Waals surface area contributed by atoms with Gasteiger partial charge in [-0.05, 0) is 13.0 Å². The molecule has 0 fully saturated rings. The Hall–Kier alpha value is -1.04. The lowest BCUT2D eigenvalue weighted by Crippen LogP contribution is -2.28. The highest BCUT2D eigenvalue weighted by Gasteiger charge is 2.02. The van der Waals surface area contributed by atoms with Crippen molar-refractivity contribution in [2.45, 2.75) is 6.42 Å². The minimum atomic E-state index is 0.107. The molecule has 0 aliphatic carbocycles. The van der Waals surface area contributed by atoms with Crippen molar-refractivity contribution >= 4 is 0 Å². The Morgan fingerprint density at radius 1 is 1.80 bits per heavy atom. The van der Waals surface area contributed by atoms with Gasteiger partial charge in [-0.1, -0.05) is 0 Å². The van der Waals surface area contributed by atoms with Gasteiger partial charge in [-0.3, -0.25) is 0 Å². The lowest BCUT2D eigenvalue weighted by atomic mass is 10.4. The largest absolute Gasteiger partial charge is 0.569 e. The fourth-order valence-electron chi connectivity index (χ4n) is 0.474. The van der Waals surface area contributed by atoms with Gasteiger partial charge in [-0.25, -0.2) is 0 Å². The topological polar surface area (TPSA) is 87.9 Å². The smallest absolute Gasteiger partial charge is 0.230 e. The number of hydrogen-bond donors (Lipinski definition) is 2. The van der Waals surface area contributed by atoms with E-state index in [1.54, 1.807) is 0 Å². The number of hydrogen-bond acceptors (Lipinski definition) is 3. The Bertz CT molecular complexity index is 116. The molecule has 10 heavy (non-hydrogen) atoms. The van der Waals surface area contributed by atoms with Gasteiger partial charge < -0.3 is 16.1 Å². The highest BCUT2D eigenvalue weighted by molar-refractivity contribution is 4.38. The predicted octanol–water partition coefficient (Wildman–Crippen LogP) is -0.466. The lowest BCUT2D eigenvalue weighted by Gasteiger charge is -2.10. The summed E-state index contributed by atoms with van der Waals surface area (Å²) in [5.41, 5.74) is 5.18. The van der Waals surface area contributed by atoms with Crippen molar-refractivity contribution in [2.24, 2.45) is 11.0 Å². The zero-order valence-corrected chi connectivity index (χ0v) is 5.90. The van der Waals surface area contributed by atoms with Gasteiger partial charge in [0.2, 0.25) is 5.28 Å². The van der Waals surface area contributed by atoms with Crippen molar-refractivity contribution in [3.8, 4) is 0 Å². The number of rotatable bonds is 4. The average molecular weight is 148 g/mol. The van der Waals surface area contributed by atoms with Crippen molar-refractivity contribution in [1.82, 2.24) is 5.01 Å². The third kappa shape index (κ3) is 3.08. The molecule has 0 unspecified atom stereocenters. The van der Waals surface area contributed by atoms with Crippen molar-refractivity contribution in [3.63, 3.8) is 0 Å². The first kappa shape index (κ1) is 8.96. The molecule has 0 aromatic rings. The summed E-state index contributed by atoms with van der Waals surface area (Å²) in [7, 11) is 1.52. The van der Waals surface area contributed by atoms with E-state index >= 15 is 0 Å². The normalized spacial score (nSPS) is 11.6.